The van der Waals surface area contributed by atoms with E-state index in [4.69, 9.17) is 0 Å². The van der Waals surface area contributed by atoms with Gasteiger partial charge in [0.15, 0.2) is 0 Å². The molecule has 0 aliphatic heterocycles. The predicted octanol–water partition coefficient (Wildman–Crippen LogP) is 4.03. The highest BCUT2D eigenvalue weighted by Gasteiger charge is 2.24. The van der Waals surface area contributed by atoms with Crippen molar-refractivity contribution in [1.29, 1.82) is 0 Å². The van der Waals surface area contributed by atoms with Crippen LogP contribution in [0, 0.1) is 5.92 Å². The van der Waals surface area contributed by atoms with Crippen molar-refractivity contribution in [3.05, 3.63) is 35.4 Å². The Balaban J connectivity index is 2.18. The summed E-state index contributed by atoms with van der Waals surface area (Å²) < 4.78 is 0. The fourth-order valence-electron chi connectivity index (χ4n) is 2.48. The molecule has 1 aliphatic rings. The van der Waals surface area contributed by atoms with Crippen molar-refractivity contribution in [2.24, 2.45) is 5.92 Å². The third kappa shape index (κ3) is 2.46. The zero-order valence-electron chi connectivity index (χ0n) is 10.3. The van der Waals surface area contributed by atoms with Crippen LogP contribution >= 0.6 is 0 Å². The number of aliphatic hydroxyl groups excluding tert-OH is 1. The lowest BCUT2D eigenvalue weighted by Gasteiger charge is -2.29. The Morgan fingerprint density at radius 3 is 2.50 bits per heavy atom. The molecule has 1 heteroatoms. The molecule has 0 bridgehead atoms. The molecule has 0 aromatic heterocycles. The SMILES string of the molecule is CC(C)CC(O)c1ccccc1C1CCC1. The van der Waals surface area contributed by atoms with Crippen LogP contribution in [0.15, 0.2) is 24.3 Å². The summed E-state index contributed by atoms with van der Waals surface area (Å²) >= 11 is 0. The van der Waals surface area contributed by atoms with Crippen molar-refractivity contribution in [3.63, 3.8) is 0 Å². The van der Waals surface area contributed by atoms with Crippen molar-refractivity contribution in [3.8, 4) is 0 Å². The van der Waals surface area contributed by atoms with E-state index in [1.807, 2.05) is 6.07 Å². The minimum Gasteiger partial charge on any atom is -0.388 e. The summed E-state index contributed by atoms with van der Waals surface area (Å²) in [6, 6.07) is 8.43. The van der Waals surface area contributed by atoms with Gasteiger partial charge in [0.2, 0.25) is 0 Å². The third-order valence-corrected chi connectivity index (χ3v) is 3.59. The molecule has 0 saturated heterocycles. The average Bonchev–Trinajstić information content (AvgIpc) is 2.14. The zero-order chi connectivity index (χ0) is 11.5. The second-order valence-electron chi connectivity index (χ2n) is 5.40. The van der Waals surface area contributed by atoms with Crippen molar-refractivity contribution >= 4 is 0 Å². The lowest BCUT2D eigenvalue weighted by atomic mass is 9.77. The maximum Gasteiger partial charge on any atom is 0.0795 e. The first-order valence-electron chi connectivity index (χ1n) is 6.45. The van der Waals surface area contributed by atoms with E-state index >= 15 is 0 Å². The van der Waals surface area contributed by atoms with Gasteiger partial charge in [0.1, 0.15) is 0 Å². The quantitative estimate of drug-likeness (QED) is 0.808. The van der Waals surface area contributed by atoms with Crippen LogP contribution < -0.4 is 0 Å². The molecule has 1 aromatic rings. The predicted molar refractivity (Wildman–Crippen MR) is 67.4 cm³/mol. The minimum absolute atomic E-state index is 0.281. The minimum atomic E-state index is -0.281. The standard InChI is InChI=1S/C15H22O/c1-11(2)10-15(16)14-9-4-3-8-13(14)12-6-5-7-12/h3-4,8-9,11-12,15-16H,5-7,10H2,1-2H3. The van der Waals surface area contributed by atoms with E-state index < -0.39 is 0 Å². The van der Waals surface area contributed by atoms with Gasteiger partial charge in [0.25, 0.3) is 0 Å². The number of hydrogen-bond donors (Lipinski definition) is 1. The Labute approximate surface area is 98.5 Å². The van der Waals surface area contributed by atoms with Crippen LogP contribution in [0.2, 0.25) is 0 Å². The van der Waals surface area contributed by atoms with Crippen LogP contribution in [0.1, 0.15) is 62.7 Å². The van der Waals surface area contributed by atoms with E-state index in [0.29, 0.717) is 11.8 Å². The summed E-state index contributed by atoms with van der Waals surface area (Å²) in [4.78, 5) is 0. The average molecular weight is 218 g/mol. The smallest absolute Gasteiger partial charge is 0.0795 e. The van der Waals surface area contributed by atoms with E-state index in [9.17, 15) is 5.11 Å². The van der Waals surface area contributed by atoms with Crippen LogP contribution in [-0.2, 0) is 0 Å². The van der Waals surface area contributed by atoms with Crippen molar-refractivity contribution in [2.45, 2.75) is 51.6 Å². The fraction of sp³-hybridized carbons (Fsp3) is 0.600. The van der Waals surface area contributed by atoms with Gasteiger partial charge in [0.05, 0.1) is 6.10 Å². The maximum atomic E-state index is 10.2. The lowest BCUT2D eigenvalue weighted by molar-refractivity contribution is 0.149. The summed E-state index contributed by atoms with van der Waals surface area (Å²) in [6.45, 7) is 4.32. The van der Waals surface area contributed by atoms with Crippen LogP contribution in [0.4, 0.5) is 0 Å². The highest BCUT2D eigenvalue weighted by Crippen LogP contribution is 2.40. The molecule has 1 aliphatic carbocycles. The molecule has 1 nitrogen and oxygen atoms in total. The van der Waals surface area contributed by atoms with Crippen molar-refractivity contribution in [1.82, 2.24) is 0 Å². The highest BCUT2D eigenvalue weighted by atomic mass is 16.3. The topological polar surface area (TPSA) is 20.2 Å². The molecule has 2 rings (SSSR count). The monoisotopic (exact) mass is 218 g/mol. The molecule has 0 amide bonds. The first-order chi connectivity index (χ1) is 7.68. The van der Waals surface area contributed by atoms with E-state index in [1.165, 1.54) is 30.4 Å². The van der Waals surface area contributed by atoms with Crippen LogP contribution in [0.5, 0.6) is 0 Å². The largest absolute Gasteiger partial charge is 0.388 e. The molecule has 0 spiro atoms. The van der Waals surface area contributed by atoms with E-state index in [2.05, 4.69) is 32.0 Å². The van der Waals surface area contributed by atoms with Gasteiger partial charge in [0, 0.05) is 0 Å². The Kier molecular flexibility index (Phi) is 3.65. The molecule has 1 saturated carbocycles. The Hall–Kier alpha value is -0.820. The van der Waals surface area contributed by atoms with Gasteiger partial charge in [-0.05, 0) is 42.2 Å². The molecule has 1 atom stereocenters. The second kappa shape index (κ2) is 5.01. The lowest BCUT2D eigenvalue weighted by Crippen LogP contribution is -2.13. The van der Waals surface area contributed by atoms with Crippen LogP contribution in [-0.4, -0.2) is 5.11 Å². The second-order valence-corrected chi connectivity index (χ2v) is 5.40. The van der Waals surface area contributed by atoms with E-state index in [-0.39, 0.29) is 6.10 Å². The van der Waals surface area contributed by atoms with E-state index in [0.717, 1.165) is 6.42 Å². The molecular formula is C15H22O. The molecule has 1 fully saturated rings. The summed E-state index contributed by atoms with van der Waals surface area (Å²) in [7, 11) is 0. The molecular weight excluding hydrogens is 196 g/mol. The zero-order valence-corrected chi connectivity index (χ0v) is 10.3. The number of aliphatic hydroxyl groups is 1. The summed E-state index contributed by atoms with van der Waals surface area (Å²) in [5.41, 5.74) is 2.56. The Morgan fingerprint density at radius 1 is 1.25 bits per heavy atom. The third-order valence-electron chi connectivity index (χ3n) is 3.59. The summed E-state index contributed by atoms with van der Waals surface area (Å²) in [6.07, 6.45) is 4.52. The molecule has 88 valence electrons. The summed E-state index contributed by atoms with van der Waals surface area (Å²) in [5, 5.41) is 10.2. The Morgan fingerprint density at radius 2 is 1.94 bits per heavy atom. The Bertz CT molecular complexity index is 339. The van der Waals surface area contributed by atoms with Crippen molar-refractivity contribution in [2.75, 3.05) is 0 Å². The molecule has 0 heterocycles. The normalized spacial score (nSPS) is 18.5. The van der Waals surface area contributed by atoms with E-state index in [1.54, 1.807) is 0 Å². The van der Waals surface area contributed by atoms with Gasteiger partial charge in [-0.25, -0.2) is 0 Å². The van der Waals surface area contributed by atoms with Gasteiger partial charge in [-0.2, -0.15) is 0 Å². The molecule has 1 aromatic carbocycles. The maximum absolute atomic E-state index is 10.2. The highest BCUT2D eigenvalue weighted by molar-refractivity contribution is 5.33. The fourth-order valence-corrected chi connectivity index (χ4v) is 2.48. The van der Waals surface area contributed by atoms with Gasteiger partial charge in [-0.1, -0.05) is 44.5 Å². The molecule has 1 N–H and O–H groups in total. The van der Waals surface area contributed by atoms with Crippen LogP contribution in [0.25, 0.3) is 0 Å². The molecule has 1 unspecified atom stereocenters. The van der Waals surface area contributed by atoms with Gasteiger partial charge >= 0.3 is 0 Å². The van der Waals surface area contributed by atoms with Gasteiger partial charge < -0.3 is 5.11 Å². The van der Waals surface area contributed by atoms with Gasteiger partial charge in [-0.3, -0.25) is 0 Å². The van der Waals surface area contributed by atoms with Crippen LogP contribution in [0.3, 0.4) is 0 Å². The first kappa shape index (κ1) is 11.7. The number of rotatable bonds is 4. The van der Waals surface area contributed by atoms with Gasteiger partial charge in [-0.15, -0.1) is 0 Å². The number of hydrogen-bond acceptors (Lipinski definition) is 1. The first-order valence-corrected chi connectivity index (χ1v) is 6.45. The molecule has 16 heavy (non-hydrogen) atoms. The number of benzene rings is 1. The summed E-state index contributed by atoms with van der Waals surface area (Å²) in [5.74, 6) is 1.25. The van der Waals surface area contributed by atoms with Crippen molar-refractivity contribution < 1.29 is 5.11 Å². The molecule has 0 radical (unpaired) electrons.